The fourth-order valence-corrected chi connectivity index (χ4v) is 6.93. The normalized spacial score (nSPS) is 33.0. The van der Waals surface area contributed by atoms with E-state index in [1.165, 1.54) is 4.90 Å². The zero-order chi connectivity index (χ0) is 31.1. The summed E-state index contributed by atoms with van der Waals surface area (Å²) in [5, 5.41) is 13.3. The van der Waals surface area contributed by atoms with Crippen LogP contribution < -0.4 is 5.32 Å². The lowest BCUT2D eigenvalue weighted by molar-refractivity contribution is -0.161. The first-order valence-corrected chi connectivity index (χ1v) is 15.2. The maximum absolute atomic E-state index is 14.6. The number of carbonyl (C=O) groups is 4. The van der Waals surface area contributed by atoms with E-state index in [0.29, 0.717) is 18.5 Å². The van der Waals surface area contributed by atoms with Crippen LogP contribution in [0.2, 0.25) is 0 Å². The third-order valence-corrected chi connectivity index (χ3v) is 9.11. The molecule has 5 rings (SSSR count). The van der Waals surface area contributed by atoms with Crippen molar-refractivity contribution in [2.24, 2.45) is 17.8 Å². The van der Waals surface area contributed by atoms with Gasteiger partial charge in [0.05, 0.1) is 31.2 Å². The fourth-order valence-electron chi connectivity index (χ4n) is 6.93. The molecule has 1 aromatic carbocycles. The number of carbonyl (C=O) groups excluding carboxylic acids is 4. The van der Waals surface area contributed by atoms with E-state index >= 15 is 0 Å². The summed E-state index contributed by atoms with van der Waals surface area (Å²) in [6, 6.07) is 7.40. The lowest BCUT2D eigenvalue weighted by Gasteiger charge is -2.42. The van der Waals surface area contributed by atoms with Gasteiger partial charge in [-0.25, -0.2) is 0 Å². The molecule has 43 heavy (non-hydrogen) atoms. The largest absolute Gasteiger partial charge is 0.455 e. The third kappa shape index (κ3) is 5.51. The summed E-state index contributed by atoms with van der Waals surface area (Å²) in [5.74, 6) is -3.80. The number of hydrogen-bond donors (Lipinski definition) is 2. The third-order valence-electron chi connectivity index (χ3n) is 9.11. The number of ether oxygens (including phenoxy) is 2. The Kier molecular flexibility index (Phi) is 8.55. The van der Waals surface area contributed by atoms with Crippen LogP contribution >= 0.6 is 0 Å². The van der Waals surface area contributed by atoms with Crippen molar-refractivity contribution in [3.8, 4) is 0 Å². The Morgan fingerprint density at radius 1 is 1.07 bits per heavy atom. The summed E-state index contributed by atoms with van der Waals surface area (Å²) in [6.07, 6.45) is 6.12. The first-order chi connectivity index (χ1) is 20.4. The van der Waals surface area contributed by atoms with Gasteiger partial charge in [-0.05, 0) is 38.7 Å². The molecule has 2 saturated heterocycles. The summed E-state index contributed by atoms with van der Waals surface area (Å²) in [7, 11) is 0. The van der Waals surface area contributed by atoms with Gasteiger partial charge in [0.25, 0.3) is 0 Å². The molecule has 2 fully saturated rings. The maximum Gasteiger partial charge on any atom is 0.313 e. The number of amides is 3. The average molecular weight is 594 g/mol. The van der Waals surface area contributed by atoms with E-state index < -0.39 is 59.1 Å². The number of nitrogens with one attached hydrogen (secondary N) is 1. The molecule has 10 nitrogen and oxygen atoms in total. The standard InChI is InChI=1S/C33H43N3O7/c1-20(2)22(19-37)36-28-30(40)35(32(3,4)5)17-11-16-33(28)27(29(36)39)26-23(43-33)14-9-10-15-25(38)34-18-24(42-31(26)41)21-12-7-6-8-13-21/h6-9,11-14,16,20,22-24,26-28,37H,10,15,17-19H2,1-5H3,(H,34,38)/b14-9-/t22-,23+,24-,26-,27-,28+,33-/m0/s1. The van der Waals surface area contributed by atoms with Gasteiger partial charge in [0.2, 0.25) is 17.7 Å². The molecule has 4 aliphatic heterocycles. The first-order valence-electron chi connectivity index (χ1n) is 15.2. The molecule has 0 unspecified atom stereocenters. The van der Waals surface area contributed by atoms with Gasteiger partial charge in [0.15, 0.2) is 0 Å². The summed E-state index contributed by atoms with van der Waals surface area (Å²) in [4.78, 5) is 59.0. The van der Waals surface area contributed by atoms with Crippen molar-refractivity contribution in [1.82, 2.24) is 15.1 Å². The zero-order valence-corrected chi connectivity index (χ0v) is 25.6. The number of cyclic esters (lactones) is 1. The topological polar surface area (TPSA) is 125 Å². The molecule has 232 valence electrons. The van der Waals surface area contributed by atoms with Gasteiger partial charge in [-0.1, -0.05) is 68.5 Å². The van der Waals surface area contributed by atoms with Crippen LogP contribution in [0.3, 0.4) is 0 Å². The van der Waals surface area contributed by atoms with E-state index in [4.69, 9.17) is 9.47 Å². The van der Waals surface area contributed by atoms with Gasteiger partial charge in [0.1, 0.15) is 23.7 Å². The monoisotopic (exact) mass is 593 g/mol. The van der Waals surface area contributed by atoms with Gasteiger partial charge in [-0.15, -0.1) is 0 Å². The maximum atomic E-state index is 14.6. The van der Waals surface area contributed by atoms with E-state index in [0.717, 1.165) is 0 Å². The number of esters is 1. The Bertz CT molecular complexity index is 1300. The SMILES string of the molecule is CC(C)[C@H](CO)N1C(=O)[C@@H]2[C@H]3C(=O)O[C@H](c4ccccc4)CNC(=O)CC/C=C\[C@H]3O[C@@]23C=CCN(C(C)(C)C)C(=O)[C@@H]13. The van der Waals surface area contributed by atoms with Gasteiger partial charge in [-0.2, -0.15) is 0 Å². The molecule has 3 amide bonds. The summed E-state index contributed by atoms with van der Waals surface area (Å²) < 4.78 is 12.8. The second kappa shape index (κ2) is 11.9. The van der Waals surface area contributed by atoms with Crippen molar-refractivity contribution in [2.75, 3.05) is 19.7 Å². The molecule has 0 bridgehead atoms. The molecule has 10 heteroatoms. The Morgan fingerprint density at radius 2 is 1.79 bits per heavy atom. The number of aliphatic hydroxyl groups excluding tert-OH is 1. The van der Waals surface area contributed by atoms with Crippen molar-refractivity contribution in [1.29, 1.82) is 0 Å². The molecule has 2 N–H and O–H groups in total. The predicted molar refractivity (Wildman–Crippen MR) is 158 cm³/mol. The molecule has 0 aliphatic carbocycles. The van der Waals surface area contributed by atoms with Crippen LogP contribution in [0.4, 0.5) is 0 Å². The Labute approximate surface area is 253 Å². The van der Waals surface area contributed by atoms with Crippen LogP contribution in [-0.4, -0.2) is 87.6 Å². The molecule has 4 heterocycles. The van der Waals surface area contributed by atoms with Gasteiger partial charge in [0, 0.05) is 18.5 Å². The van der Waals surface area contributed by atoms with Crippen LogP contribution in [0.5, 0.6) is 0 Å². The second-order valence-corrected chi connectivity index (χ2v) is 13.2. The number of hydrogen-bond acceptors (Lipinski definition) is 7. The van der Waals surface area contributed by atoms with Gasteiger partial charge < -0.3 is 29.7 Å². The van der Waals surface area contributed by atoms with Gasteiger partial charge in [-0.3, -0.25) is 19.2 Å². The van der Waals surface area contributed by atoms with Gasteiger partial charge >= 0.3 is 5.97 Å². The summed E-state index contributed by atoms with van der Waals surface area (Å²) in [6.45, 7) is 9.63. The molecular formula is C33H43N3O7. The molecule has 4 aliphatic rings. The van der Waals surface area contributed by atoms with Crippen LogP contribution in [0.1, 0.15) is 59.1 Å². The zero-order valence-electron chi connectivity index (χ0n) is 25.6. The van der Waals surface area contributed by atoms with Crippen LogP contribution in [0.15, 0.2) is 54.6 Å². The summed E-state index contributed by atoms with van der Waals surface area (Å²) in [5.41, 5.74) is -1.30. The van der Waals surface area contributed by atoms with Crippen molar-refractivity contribution < 1.29 is 33.8 Å². The van der Waals surface area contributed by atoms with E-state index in [1.54, 1.807) is 23.1 Å². The van der Waals surface area contributed by atoms with E-state index in [1.807, 2.05) is 71.0 Å². The van der Waals surface area contributed by atoms with Crippen LogP contribution in [0, 0.1) is 17.8 Å². The minimum absolute atomic E-state index is 0.0773. The molecule has 0 saturated carbocycles. The quantitative estimate of drug-likeness (QED) is 0.406. The fraction of sp³-hybridized carbons (Fsp3) is 0.576. The predicted octanol–water partition coefficient (Wildman–Crippen LogP) is 2.53. The number of likely N-dealkylation sites (tertiary alicyclic amines) is 1. The minimum atomic E-state index is -1.45. The highest BCUT2D eigenvalue weighted by Gasteiger charge is 2.73. The average Bonchev–Trinajstić information content (AvgIpc) is 3.33. The highest BCUT2D eigenvalue weighted by atomic mass is 16.6. The smallest absolute Gasteiger partial charge is 0.313 e. The van der Waals surface area contributed by atoms with Crippen LogP contribution in [-0.2, 0) is 28.7 Å². The molecule has 7 atom stereocenters. The van der Waals surface area contributed by atoms with E-state index in [9.17, 15) is 24.3 Å². The van der Waals surface area contributed by atoms with Crippen molar-refractivity contribution in [2.45, 2.75) is 82.9 Å². The first kappa shape index (κ1) is 30.9. The number of fused-ring (bicyclic) bond motifs is 2. The summed E-state index contributed by atoms with van der Waals surface area (Å²) >= 11 is 0. The number of allylic oxidation sites excluding steroid dienone is 1. The molecular weight excluding hydrogens is 550 g/mol. The molecule has 0 radical (unpaired) electrons. The Balaban J connectivity index is 1.63. The Hall–Kier alpha value is -3.50. The van der Waals surface area contributed by atoms with Crippen molar-refractivity contribution in [3.05, 3.63) is 60.2 Å². The molecule has 1 spiro atoms. The van der Waals surface area contributed by atoms with E-state index in [2.05, 4.69) is 5.32 Å². The highest BCUT2D eigenvalue weighted by molar-refractivity contribution is 5.99. The number of nitrogens with zero attached hydrogens (tertiary/aromatic N) is 2. The van der Waals surface area contributed by atoms with Crippen molar-refractivity contribution in [3.63, 3.8) is 0 Å². The minimum Gasteiger partial charge on any atom is -0.455 e. The highest BCUT2D eigenvalue weighted by Crippen LogP contribution is 2.54. The van der Waals surface area contributed by atoms with E-state index in [-0.39, 0.29) is 37.3 Å². The number of rotatable bonds is 4. The van der Waals surface area contributed by atoms with Crippen molar-refractivity contribution >= 4 is 23.7 Å². The number of benzene rings is 1. The Morgan fingerprint density at radius 3 is 2.44 bits per heavy atom. The number of aliphatic hydroxyl groups is 1. The van der Waals surface area contributed by atoms with Crippen LogP contribution in [0.25, 0.3) is 0 Å². The second-order valence-electron chi connectivity index (χ2n) is 13.2. The lowest BCUT2D eigenvalue weighted by Crippen LogP contribution is -2.61. The molecule has 1 aromatic rings. The molecule has 0 aromatic heterocycles. The lowest BCUT2D eigenvalue weighted by atomic mass is 9.77.